The zero-order valence-electron chi connectivity index (χ0n) is 17.6. The third kappa shape index (κ3) is 9.19. The van der Waals surface area contributed by atoms with Gasteiger partial charge in [0.15, 0.2) is 5.96 Å². The van der Waals surface area contributed by atoms with Gasteiger partial charge in [0.25, 0.3) is 0 Å². The molecule has 2 aliphatic rings. The Kier molecular flexibility index (Phi) is 11.9. The van der Waals surface area contributed by atoms with Crippen molar-refractivity contribution in [2.45, 2.75) is 38.8 Å². The molecule has 2 fully saturated rings. The van der Waals surface area contributed by atoms with Crippen LogP contribution in [0.4, 0.5) is 0 Å². The summed E-state index contributed by atoms with van der Waals surface area (Å²) in [6, 6.07) is 10.8. The molecular formula is C22H37IN4O2. The van der Waals surface area contributed by atoms with Gasteiger partial charge >= 0.3 is 0 Å². The first-order chi connectivity index (χ1) is 13.8. The number of halogens is 1. The molecule has 1 unspecified atom stereocenters. The van der Waals surface area contributed by atoms with Gasteiger partial charge in [-0.05, 0) is 37.7 Å². The van der Waals surface area contributed by atoms with Crippen LogP contribution in [0.25, 0.3) is 0 Å². The Morgan fingerprint density at radius 2 is 2.00 bits per heavy atom. The molecule has 0 amide bonds. The highest BCUT2D eigenvalue weighted by Crippen LogP contribution is 2.17. The number of nitrogens with one attached hydrogen (secondary N) is 2. The molecule has 1 aromatic carbocycles. The van der Waals surface area contributed by atoms with Crippen molar-refractivity contribution in [3.8, 4) is 0 Å². The lowest BCUT2D eigenvalue weighted by Crippen LogP contribution is -2.49. The van der Waals surface area contributed by atoms with Crippen LogP contribution >= 0.6 is 24.0 Å². The van der Waals surface area contributed by atoms with Gasteiger partial charge in [0.1, 0.15) is 0 Å². The fraction of sp³-hybridized carbons (Fsp3) is 0.682. The molecule has 0 radical (unpaired) electrons. The molecule has 0 aromatic heterocycles. The molecule has 6 nitrogen and oxygen atoms in total. The molecular weight excluding hydrogens is 479 g/mol. The molecule has 0 bridgehead atoms. The molecule has 164 valence electrons. The van der Waals surface area contributed by atoms with Gasteiger partial charge in [0, 0.05) is 38.8 Å². The average Bonchev–Trinajstić information content (AvgIpc) is 3.23. The number of hydrogen-bond acceptors (Lipinski definition) is 4. The van der Waals surface area contributed by atoms with Crippen molar-refractivity contribution in [1.82, 2.24) is 15.5 Å². The smallest absolute Gasteiger partial charge is 0.191 e. The van der Waals surface area contributed by atoms with Gasteiger partial charge in [0.05, 0.1) is 26.4 Å². The molecule has 29 heavy (non-hydrogen) atoms. The fourth-order valence-corrected chi connectivity index (χ4v) is 3.85. The van der Waals surface area contributed by atoms with E-state index in [-0.39, 0.29) is 24.0 Å². The number of ether oxygens (including phenoxy) is 2. The second-order valence-corrected chi connectivity index (χ2v) is 7.75. The van der Waals surface area contributed by atoms with Gasteiger partial charge in [-0.3, -0.25) is 4.99 Å². The van der Waals surface area contributed by atoms with E-state index in [1.807, 2.05) is 18.2 Å². The standard InChI is InChI=1S/C22H36N4O2.HI/c1-2-23-22(24-11-15-28-17-19-6-4-3-5-7-19)25-21-8-12-26(13-9-21)16-20-10-14-27-18-20;/h3-7,20-21H,2,8-18H2,1H3,(H2,23,24,25);1H. The van der Waals surface area contributed by atoms with Crippen molar-refractivity contribution >= 4 is 29.9 Å². The third-order valence-corrected chi connectivity index (χ3v) is 5.43. The number of piperidine rings is 1. The van der Waals surface area contributed by atoms with Crippen LogP contribution in [0.1, 0.15) is 31.7 Å². The lowest BCUT2D eigenvalue weighted by atomic mass is 10.0. The summed E-state index contributed by atoms with van der Waals surface area (Å²) in [5, 5.41) is 6.97. The van der Waals surface area contributed by atoms with E-state index >= 15 is 0 Å². The average molecular weight is 516 g/mol. The highest BCUT2D eigenvalue weighted by Gasteiger charge is 2.24. The van der Waals surface area contributed by atoms with E-state index in [1.54, 1.807) is 0 Å². The van der Waals surface area contributed by atoms with E-state index < -0.39 is 0 Å². The van der Waals surface area contributed by atoms with E-state index in [0.717, 1.165) is 44.7 Å². The Morgan fingerprint density at radius 1 is 1.21 bits per heavy atom. The molecule has 7 heteroatoms. The zero-order valence-corrected chi connectivity index (χ0v) is 20.0. The Bertz CT molecular complexity index is 573. The third-order valence-electron chi connectivity index (χ3n) is 5.43. The number of aliphatic imine (C=N–C) groups is 1. The van der Waals surface area contributed by atoms with E-state index in [9.17, 15) is 0 Å². The minimum absolute atomic E-state index is 0. The first-order valence-electron chi connectivity index (χ1n) is 10.8. The molecule has 2 N–H and O–H groups in total. The predicted octanol–water partition coefficient (Wildman–Crippen LogP) is 2.88. The van der Waals surface area contributed by atoms with Crippen molar-refractivity contribution in [3.05, 3.63) is 35.9 Å². The second kappa shape index (κ2) is 14.2. The lowest BCUT2D eigenvalue weighted by molar-refractivity contribution is 0.128. The molecule has 2 heterocycles. The van der Waals surface area contributed by atoms with Gasteiger partial charge in [-0.25, -0.2) is 0 Å². The van der Waals surface area contributed by atoms with Crippen LogP contribution in [0, 0.1) is 5.92 Å². The van der Waals surface area contributed by atoms with Crippen LogP contribution in [0.3, 0.4) is 0 Å². The first kappa shape index (κ1) is 24.4. The minimum atomic E-state index is 0. The number of rotatable bonds is 9. The van der Waals surface area contributed by atoms with Crippen LogP contribution in [0.2, 0.25) is 0 Å². The Labute approximate surface area is 192 Å². The van der Waals surface area contributed by atoms with Crippen LogP contribution in [-0.2, 0) is 16.1 Å². The summed E-state index contributed by atoms with van der Waals surface area (Å²) in [5.74, 6) is 1.65. The fourth-order valence-electron chi connectivity index (χ4n) is 3.85. The van der Waals surface area contributed by atoms with Crippen molar-refractivity contribution in [3.63, 3.8) is 0 Å². The van der Waals surface area contributed by atoms with Crippen molar-refractivity contribution in [2.24, 2.45) is 10.9 Å². The zero-order chi connectivity index (χ0) is 19.4. The normalized spacial score (nSPS) is 21.0. The van der Waals surface area contributed by atoms with Crippen molar-refractivity contribution in [1.29, 1.82) is 0 Å². The molecule has 0 aliphatic carbocycles. The molecule has 3 rings (SSSR count). The quantitative estimate of drug-likeness (QED) is 0.229. The van der Waals surface area contributed by atoms with E-state index in [0.29, 0.717) is 25.8 Å². The van der Waals surface area contributed by atoms with Crippen LogP contribution in [0.15, 0.2) is 35.3 Å². The molecule has 2 aliphatic heterocycles. The number of nitrogens with zero attached hydrogens (tertiary/aromatic N) is 2. The summed E-state index contributed by atoms with van der Waals surface area (Å²) in [6.45, 7) is 10.3. The summed E-state index contributed by atoms with van der Waals surface area (Å²) in [5.41, 5.74) is 1.20. The number of guanidine groups is 1. The summed E-state index contributed by atoms with van der Waals surface area (Å²) < 4.78 is 11.2. The SMILES string of the molecule is CCNC(=NCCOCc1ccccc1)NC1CCN(CC2CCOC2)CC1.I. The molecule has 0 spiro atoms. The Hall–Kier alpha value is -0.900. The highest BCUT2D eigenvalue weighted by molar-refractivity contribution is 14.0. The van der Waals surface area contributed by atoms with Crippen molar-refractivity contribution < 1.29 is 9.47 Å². The van der Waals surface area contributed by atoms with Gasteiger partial charge in [0.2, 0.25) is 0 Å². The van der Waals surface area contributed by atoms with E-state index in [2.05, 4.69) is 39.6 Å². The number of hydrogen-bond donors (Lipinski definition) is 2. The Balaban J connectivity index is 0.00000300. The summed E-state index contributed by atoms with van der Waals surface area (Å²) in [6.07, 6.45) is 3.56. The predicted molar refractivity (Wildman–Crippen MR) is 129 cm³/mol. The first-order valence-corrected chi connectivity index (χ1v) is 10.8. The maximum Gasteiger partial charge on any atom is 0.191 e. The van der Waals surface area contributed by atoms with E-state index in [4.69, 9.17) is 9.47 Å². The van der Waals surface area contributed by atoms with Gasteiger partial charge in [-0.1, -0.05) is 30.3 Å². The highest BCUT2D eigenvalue weighted by atomic mass is 127. The van der Waals surface area contributed by atoms with Gasteiger partial charge < -0.3 is 25.0 Å². The number of likely N-dealkylation sites (tertiary alicyclic amines) is 1. The van der Waals surface area contributed by atoms with Gasteiger partial charge in [-0.15, -0.1) is 24.0 Å². The largest absolute Gasteiger partial charge is 0.381 e. The summed E-state index contributed by atoms with van der Waals surface area (Å²) >= 11 is 0. The minimum Gasteiger partial charge on any atom is -0.381 e. The van der Waals surface area contributed by atoms with E-state index in [1.165, 1.54) is 31.4 Å². The van der Waals surface area contributed by atoms with Crippen LogP contribution < -0.4 is 10.6 Å². The maximum absolute atomic E-state index is 5.74. The monoisotopic (exact) mass is 516 g/mol. The maximum atomic E-state index is 5.74. The Morgan fingerprint density at radius 3 is 2.69 bits per heavy atom. The molecule has 2 saturated heterocycles. The van der Waals surface area contributed by atoms with Crippen LogP contribution in [-0.4, -0.2) is 69.4 Å². The second-order valence-electron chi connectivity index (χ2n) is 7.75. The van der Waals surface area contributed by atoms with Crippen molar-refractivity contribution in [2.75, 3.05) is 52.5 Å². The summed E-state index contributed by atoms with van der Waals surface area (Å²) in [4.78, 5) is 7.28. The van der Waals surface area contributed by atoms with Crippen LogP contribution in [0.5, 0.6) is 0 Å². The number of benzene rings is 1. The molecule has 1 atom stereocenters. The lowest BCUT2D eigenvalue weighted by Gasteiger charge is -2.34. The molecule has 1 aromatic rings. The molecule has 0 saturated carbocycles. The summed E-state index contributed by atoms with van der Waals surface area (Å²) in [7, 11) is 0. The topological polar surface area (TPSA) is 58.1 Å². The van der Waals surface area contributed by atoms with Gasteiger partial charge in [-0.2, -0.15) is 0 Å².